The zero-order valence-electron chi connectivity index (χ0n) is 14.5. The molecule has 1 saturated heterocycles. The highest BCUT2D eigenvalue weighted by atomic mass is 16.2. The number of carbonyl (C=O) groups excluding carboxylic acids is 3. The van der Waals surface area contributed by atoms with E-state index in [0.717, 1.165) is 19.3 Å². The van der Waals surface area contributed by atoms with Crippen LogP contribution in [0.3, 0.4) is 0 Å². The number of likely N-dealkylation sites (tertiary alicyclic amines) is 1. The molecule has 4 amide bonds. The Kier molecular flexibility index (Phi) is 5.16. The minimum absolute atomic E-state index is 0.0588. The highest BCUT2D eigenvalue weighted by Gasteiger charge is 2.36. The molecule has 130 valence electrons. The van der Waals surface area contributed by atoms with Crippen LogP contribution in [0.15, 0.2) is 0 Å². The first kappa shape index (κ1) is 17.6. The normalized spacial score (nSPS) is 21.0. The maximum absolute atomic E-state index is 12.4. The van der Waals surface area contributed by atoms with Crippen LogP contribution in [0.5, 0.6) is 0 Å². The molecule has 23 heavy (non-hydrogen) atoms. The molecule has 2 N–H and O–H groups in total. The summed E-state index contributed by atoms with van der Waals surface area (Å²) in [5, 5.41) is 5.60. The van der Waals surface area contributed by atoms with Crippen molar-refractivity contribution in [2.75, 3.05) is 20.1 Å². The zero-order valence-corrected chi connectivity index (χ0v) is 14.5. The fourth-order valence-electron chi connectivity index (χ4n) is 2.54. The van der Waals surface area contributed by atoms with E-state index in [9.17, 15) is 14.4 Å². The van der Waals surface area contributed by atoms with Crippen LogP contribution in [0.4, 0.5) is 4.79 Å². The fraction of sp³-hybridized carbons (Fsp3) is 0.812. The number of urea groups is 1. The van der Waals surface area contributed by atoms with Crippen molar-refractivity contribution in [1.82, 2.24) is 20.4 Å². The Morgan fingerprint density at radius 1 is 1.17 bits per heavy atom. The number of rotatable bonds is 4. The quantitative estimate of drug-likeness (QED) is 0.798. The van der Waals surface area contributed by atoms with Gasteiger partial charge in [-0.1, -0.05) is 0 Å². The molecule has 2 aliphatic rings. The van der Waals surface area contributed by atoms with Gasteiger partial charge in [-0.05, 0) is 46.5 Å². The molecule has 0 radical (unpaired) electrons. The largest absolute Gasteiger partial charge is 0.352 e. The molecule has 1 heterocycles. The van der Waals surface area contributed by atoms with E-state index in [1.807, 2.05) is 20.8 Å². The summed E-state index contributed by atoms with van der Waals surface area (Å²) in [5.41, 5.74) is -0.312. The number of hydrogen-bond donors (Lipinski definition) is 2. The molecule has 2 fully saturated rings. The Bertz CT molecular complexity index is 482. The van der Waals surface area contributed by atoms with Gasteiger partial charge in [0.05, 0.1) is 6.54 Å². The summed E-state index contributed by atoms with van der Waals surface area (Å²) >= 11 is 0. The summed E-state index contributed by atoms with van der Waals surface area (Å²) in [5.74, 6) is -0.259. The molecular formula is C16H28N4O3. The summed E-state index contributed by atoms with van der Waals surface area (Å²) in [7, 11) is 1.70. The van der Waals surface area contributed by atoms with Crippen LogP contribution in [0.2, 0.25) is 0 Å². The molecule has 0 aromatic carbocycles. The number of nitrogens with zero attached hydrogens (tertiary/aromatic N) is 2. The van der Waals surface area contributed by atoms with Gasteiger partial charge in [0.2, 0.25) is 11.8 Å². The topological polar surface area (TPSA) is 81.8 Å². The SMILES string of the molecule is CN(C(=O)NCC(=O)N1CCC[C@H]1C(=O)NC1CC1)C(C)(C)C. The van der Waals surface area contributed by atoms with Crippen molar-refractivity contribution >= 4 is 17.8 Å². The molecule has 7 heteroatoms. The van der Waals surface area contributed by atoms with Gasteiger partial charge in [0.1, 0.15) is 6.04 Å². The Labute approximate surface area is 137 Å². The molecule has 0 unspecified atom stereocenters. The molecule has 1 atom stereocenters. The molecular weight excluding hydrogens is 296 g/mol. The Hall–Kier alpha value is -1.79. The van der Waals surface area contributed by atoms with E-state index in [4.69, 9.17) is 0 Å². The predicted molar refractivity (Wildman–Crippen MR) is 86.8 cm³/mol. The average Bonchev–Trinajstić information content (AvgIpc) is 3.14. The minimum atomic E-state index is -0.389. The van der Waals surface area contributed by atoms with Gasteiger partial charge in [0.15, 0.2) is 0 Å². The maximum atomic E-state index is 12.4. The third kappa shape index (κ3) is 4.59. The average molecular weight is 324 g/mol. The van der Waals surface area contributed by atoms with E-state index in [0.29, 0.717) is 19.0 Å². The molecule has 1 saturated carbocycles. The standard InChI is InChI=1S/C16H28N4O3/c1-16(2,3)19(4)15(23)17-10-13(21)20-9-5-6-12(20)14(22)18-11-7-8-11/h11-12H,5-10H2,1-4H3,(H,17,23)(H,18,22)/t12-/m0/s1. The second kappa shape index (κ2) is 6.76. The first-order chi connectivity index (χ1) is 10.7. The van der Waals surface area contributed by atoms with E-state index in [2.05, 4.69) is 10.6 Å². The van der Waals surface area contributed by atoms with Crippen molar-refractivity contribution in [3.05, 3.63) is 0 Å². The number of amides is 4. The lowest BCUT2D eigenvalue weighted by Gasteiger charge is -2.32. The molecule has 0 bridgehead atoms. The summed E-state index contributed by atoms with van der Waals surface area (Å²) in [4.78, 5) is 39.7. The molecule has 2 rings (SSSR count). The van der Waals surface area contributed by atoms with Crippen molar-refractivity contribution < 1.29 is 14.4 Å². The van der Waals surface area contributed by atoms with Gasteiger partial charge in [0.25, 0.3) is 0 Å². The molecule has 0 spiro atoms. The lowest BCUT2D eigenvalue weighted by molar-refractivity contribution is -0.137. The van der Waals surface area contributed by atoms with Gasteiger partial charge in [-0.2, -0.15) is 0 Å². The third-order valence-electron chi connectivity index (χ3n) is 4.50. The van der Waals surface area contributed by atoms with Crippen molar-refractivity contribution in [2.24, 2.45) is 0 Å². The van der Waals surface area contributed by atoms with Crippen molar-refractivity contribution in [3.8, 4) is 0 Å². The van der Waals surface area contributed by atoms with Gasteiger partial charge in [-0.15, -0.1) is 0 Å². The number of hydrogen-bond acceptors (Lipinski definition) is 3. The van der Waals surface area contributed by atoms with Crippen LogP contribution in [0.1, 0.15) is 46.5 Å². The first-order valence-electron chi connectivity index (χ1n) is 8.31. The first-order valence-corrected chi connectivity index (χ1v) is 8.31. The maximum Gasteiger partial charge on any atom is 0.318 e. The van der Waals surface area contributed by atoms with E-state index in [1.165, 1.54) is 0 Å². The van der Waals surface area contributed by atoms with Gasteiger partial charge < -0.3 is 20.4 Å². The Morgan fingerprint density at radius 2 is 1.83 bits per heavy atom. The van der Waals surface area contributed by atoms with Gasteiger partial charge in [-0.3, -0.25) is 9.59 Å². The van der Waals surface area contributed by atoms with E-state index < -0.39 is 0 Å². The molecule has 1 aliphatic heterocycles. The summed E-state index contributed by atoms with van der Waals surface area (Å²) in [6.07, 6.45) is 3.58. The van der Waals surface area contributed by atoms with Crippen LogP contribution in [-0.2, 0) is 9.59 Å². The molecule has 0 aromatic rings. The van der Waals surface area contributed by atoms with Crippen LogP contribution in [-0.4, -0.2) is 65.4 Å². The predicted octanol–water partition coefficient (Wildman–Crippen LogP) is 0.696. The van der Waals surface area contributed by atoms with E-state index in [1.54, 1.807) is 16.8 Å². The fourth-order valence-corrected chi connectivity index (χ4v) is 2.54. The molecule has 7 nitrogen and oxygen atoms in total. The van der Waals surface area contributed by atoms with Crippen LogP contribution >= 0.6 is 0 Å². The van der Waals surface area contributed by atoms with Gasteiger partial charge in [0, 0.05) is 25.2 Å². The van der Waals surface area contributed by atoms with Crippen molar-refractivity contribution in [3.63, 3.8) is 0 Å². The van der Waals surface area contributed by atoms with Crippen LogP contribution in [0, 0.1) is 0 Å². The number of nitrogens with one attached hydrogen (secondary N) is 2. The van der Waals surface area contributed by atoms with Crippen LogP contribution in [0.25, 0.3) is 0 Å². The highest BCUT2D eigenvalue weighted by molar-refractivity contribution is 5.90. The minimum Gasteiger partial charge on any atom is -0.352 e. The zero-order chi connectivity index (χ0) is 17.2. The van der Waals surface area contributed by atoms with E-state index in [-0.39, 0.29) is 36.0 Å². The Morgan fingerprint density at radius 3 is 2.39 bits per heavy atom. The smallest absolute Gasteiger partial charge is 0.318 e. The van der Waals surface area contributed by atoms with Crippen molar-refractivity contribution in [2.45, 2.75) is 64.1 Å². The third-order valence-corrected chi connectivity index (χ3v) is 4.50. The van der Waals surface area contributed by atoms with Crippen molar-refractivity contribution in [1.29, 1.82) is 0 Å². The highest BCUT2D eigenvalue weighted by Crippen LogP contribution is 2.22. The Balaban J connectivity index is 1.84. The number of carbonyl (C=O) groups is 3. The monoisotopic (exact) mass is 324 g/mol. The summed E-state index contributed by atoms with van der Waals surface area (Å²) < 4.78 is 0. The molecule has 1 aliphatic carbocycles. The molecule has 0 aromatic heterocycles. The lowest BCUT2D eigenvalue weighted by atomic mass is 10.1. The lowest BCUT2D eigenvalue weighted by Crippen LogP contribution is -2.52. The summed E-state index contributed by atoms with van der Waals surface area (Å²) in [6.45, 7) is 6.27. The second-order valence-corrected chi connectivity index (χ2v) is 7.42. The van der Waals surface area contributed by atoms with Crippen LogP contribution < -0.4 is 10.6 Å². The van der Waals surface area contributed by atoms with Gasteiger partial charge in [-0.25, -0.2) is 4.79 Å². The summed E-state index contributed by atoms with van der Waals surface area (Å²) in [6, 6.07) is -0.385. The van der Waals surface area contributed by atoms with Gasteiger partial charge >= 0.3 is 6.03 Å². The van der Waals surface area contributed by atoms with E-state index >= 15 is 0 Å². The second-order valence-electron chi connectivity index (χ2n) is 7.42.